The fourth-order valence-corrected chi connectivity index (χ4v) is 3.70. The number of alkyl halides is 3. The Morgan fingerprint density at radius 1 is 1.09 bits per heavy atom. The van der Waals surface area contributed by atoms with Crippen LogP contribution in [-0.2, 0) is 20.9 Å². The molecule has 1 heterocycles. The third kappa shape index (κ3) is 6.17. The van der Waals surface area contributed by atoms with Crippen LogP contribution in [0.25, 0.3) is 11.4 Å². The fraction of sp³-hybridized carbons (Fsp3) is 0.318. The van der Waals surface area contributed by atoms with E-state index in [1.807, 2.05) is 0 Å². The molecule has 9 nitrogen and oxygen atoms in total. The summed E-state index contributed by atoms with van der Waals surface area (Å²) in [5, 5.41) is 4.04. The highest BCUT2D eigenvalue weighted by Crippen LogP contribution is 2.37. The van der Waals surface area contributed by atoms with Gasteiger partial charge in [0.15, 0.2) is 5.82 Å². The Hall–Kier alpha value is -3.45. The van der Waals surface area contributed by atoms with Crippen molar-refractivity contribution in [3.8, 4) is 22.9 Å². The van der Waals surface area contributed by atoms with Gasteiger partial charge in [-0.25, -0.2) is 22.9 Å². The fourth-order valence-electron chi connectivity index (χ4n) is 2.94. The van der Waals surface area contributed by atoms with E-state index in [9.17, 15) is 26.4 Å². The van der Waals surface area contributed by atoms with Crippen molar-refractivity contribution in [2.75, 3.05) is 7.05 Å². The maximum atomic E-state index is 13.2. The number of rotatable bonds is 5. The van der Waals surface area contributed by atoms with E-state index < -0.39 is 33.5 Å². The van der Waals surface area contributed by atoms with Crippen LogP contribution in [-0.4, -0.2) is 41.9 Å². The zero-order chi connectivity index (χ0) is 26.2. The molecule has 3 rings (SSSR count). The second-order valence-electron chi connectivity index (χ2n) is 8.37. The molecule has 0 radical (unpaired) electrons. The number of nitrogens with one attached hydrogen (secondary N) is 1. The van der Waals surface area contributed by atoms with Crippen molar-refractivity contribution in [1.82, 2.24) is 19.5 Å². The van der Waals surface area contributed by atoms with Gasteiger partial charge in [-0.3, -0.25) is 0 Å². The molecule has 0 aliphatic carbocycles. The predicted molar refractivity (Wildman–Crippen MR) is 120 cm³/mol. The van der Waals surface area contributed by atoms with Crippen molar-refractivity contribution in [3.63, 3.8) is 0 Å². The number of aromatic nitrogens is 3. The van der Waals surface area contributed by atoms with E-state index in [4.69, 9.17) is 9.47 Å². The van der Waals surface area contributed by atoms with Gasteiger partial charge in [-0.2, -0.15) is 13.2 Å². The second kappa shape index (κ2) is 9.30. The highest BCUT2D eigenvalue weighted by Gasteiger charge is 2.31. The Kier molecular flexibility index (Phi) is 6.95. The third-order valence-corrected chi connectivity index (χ3v) is 5.85. The summed E-state index contributed by atoms with van der Waals surface area (Å²) in [5.41, 5.74) is -1.81. The topological polar surface area (TPSA) is 112 Å². The smallest absolute Gasteiger partial charge is 0.437 e. The molecule has 188 valence electrons. The lowest BCUT2D eigenvalue weighted by atomic mass is 10.1. The SMILES string of the molecule is CNS(=O)(=O)c1ccc(Oc2cccc(C(F)(F)F)c2)c(-c2nc(C)nn2C(=O)OC(C)(C)C)c1. The van der Waals surface area contributed by atoms with Gasteiger partial charge in [0.2, 0.25) is 10.0 Å². The van der Waals surface area contributed by atoms with E-state index in [1.165, 1.54) is 44.3 Å². The van der Waals surface area contributed by atoms with Crippen LogP contribution in [0.15, 0.2) is 47.4 Å². The van der Waals surface area contributed by atoms with Gasteiger partial charge in [0.25, 0.3) is 0 Å². The molecule has 0 saturated heterocycles. The lowest BCUT2D eigenvalue weighted by Crippen LogP contribution is -2.28. The van der Waals surface area contributed by atoms with Crippen LogP contribution >= 0.6 is 0 Å². The van der Waals surface area contributed by atoms with Gasteiger partial charge in [-0.05, 0) is 71.1 Å². The van der Waals surface area contributed by atoms with E-state index >= 15 is 0 Å². The minimum atomic E-state index is -4.60. The molecule has 3 aromatic rings. The summed E-state index contributed by atoms with van der Waals surface area (Å²) in [6.07, 6.45) is -5.49. The molecule has 0 fully saturated rings. The lowest BCUT2D eigenvalue weighted by molar-refractivity contribution is -0.137. The highest BCUT2D eigenvalue weighted by molar-refractivity contribution is 7.89. The molecule has 0 aliphatic heterocycles. The van der Waals surface area contributed by atoms with Crippen LogP contribution in [0.4, 0.5) is 18.0 Å². The predicted octanol–water partition coefficient (Wildman–Crippen LogP) is 4.76. The molecular formula is C22H23F3N4O5S. The first-order valence-electron chi connectivity index (χ1n) is 10.2. The van der Waals surface area contributed by atoms with Gasteiger partial charge in [-0.1, -0.05) is 6.07 Å². The number of hydrogen-bond acceptors (Lipinski definition) is 7. The number of halogens is 3. The standard InChI is InChI=1S/C22H23F3N4O5S/c1-13-27-19(29(28-13)20(30)34-21(2,3)4)17-12-16(35(31,32)26-5)9-10-18(17)33-15-8-6-7-14(11-15)22(23,24)25/h6-12,26H,1-5H3. The first-order chi connectivity index (χ1) is 16.1. The van der Waals surface area contributed by atoms with Crippen molar-refractivity contribution in [3.05, 3.63) is 53.9 Å². The average molecular weight is 513 g/mol. The molecule has 13 heteroatoms. The quantitative estimate of drug-likeness (QED) is 0.525. The summed E-state index contributed by atoms with van der Waals surface area (Å²) >= 11 is 0. The van der Waals surface area contributed by atoms with Gasteiger partial charge in [0.05, 0.1) is 16.0 Å². The van der Waals surface area contributed by atoms with Crippen LogP contribution in [0.5, 0.6) is 11.5 Å². The van der Waals surface area contributed by atoms with Gasteiger partial charge >= 0.3 is 12.3 Å². The van der Waals surface area contributed by atoms with Gasteiger partial charge in [-0.15, -0.1) is 9.78 Å². The monoisotopic (exact) mass is 512 g/mol. The highest BCUT2D eigenvalue weighted by atomic mass is 32.2. The summed E-state index contributed by atoms with van der Waals surface area (Å²) in [5.74, 6) is -0.174. The number of hydrogen-bond donors (Lipinski definition) is 1. The van der Waals surface area contributed by atoms with Crippen molar-refractivity contribution < 1.29 is 35.9 Å². The molecule has 0 spiro atoms. The Labute approximate surface area is 199 Å². The average Bonchev–Trinajstić information content (AvgIpc) is 3.14. The summed E-state index contributed by atoms with van der Waals surface area (Å²) in [4.78, 5) is 16.8. The number of carbonyl (C=O) groups excluding carboxylic acids is 1. The molecule has 35 heavy (non-hydrogen) atoms. The summed E-state index contributed by atoms with van der Waals surface area (Å²) < 4.78 is 78.3. The molecule has 0 amide bonds. The Morgan fingerprint density at radius 3 is 2.37 bits per heavy atom. The molecule has 0 bridgehead atoms. The second-order valence-corrected chi connectivity index (χ2v) is 10.3. The van der Waals surface area contributed by atoms with Crippen LogP contribution in [0.3, 0.4) is 0 Å². The maximum absolute atomic E-state index is 13.2. The van der Waals surface area contributed by atoms with E-state index in [0.29, 0.717) is 0 Å². The Balaban J connectivity index is 2.19. The summed E-state index contributed by atoms with van der Waals surface area (Å²) in [6.45, 7) is 6.45. The van der Waals surface area contributed by atoms with Gasteiger partial charge < -0.3 is 9.47 Å². The zero-order valence-corrected chi connectivity index (χ0v) is 20.3. The Bertz CT molecular complexity index is 1360. The first kappa shape index (κ1) is 26.2. The molecule has 0 atom stereocenters. The van der Waals surface area contributed by atoms with E-state index in [2.05, 4.69) is 14.8 Å². The number of benzene rings is 2. The zero-order valence-electron chi connectivity index (χ0n) is 19.5. The minimum Gasteiger partial charge on any atom is -0.457 e. The molecule has 0 saturated carbocycles. The van der Waals surface area contributed by atoms with Gasteiger partial charge in [0.1, 0.15) is 22.9 Å². The van der Waals surface area contributed by atoms with Crippen LogP contribution in [0.1, 0.15) is 32.2 Å². The molecule has 2 aromatic carbocycles. The van der Waals surface area contributed by atoms with E-state index in [-0.39, 0.29) is 33.6 Å². The summed E-state index contributed by atoms with van der Waals surface area (Å²) in [7, 11) is -2.71. The third-order valence-electron chi connectivity index (χ3n) is 4.44. The van der Waals surface area contributed by atoms with Crippen molar-refractivity contribution in [2.24, 2.45) is 0 Å². The van der Waals surface area contributed by atoms with Crippen LogP contribution in [0, 0.1) is 6.92 Å². The number of aryl methyl sites for hydroxylation is 1. The molecular weight excluding hydrogens is 489 g/mol. The number of carbonyl (C=O) groups is 1. The Morgan fingerprint density at radius 2 is 1.77 bits per heavy atom. The first-order valence-corrected chi connectivity index (χ1v) is 11.7. The number of sulfonamides is 1. The molecule has 1 N–H and O–H groups in total. The normalized spacial score (nSPS) is 12.5. The van der Waals surface area contributed by atoms with E-state index in [0.717, 1.165) is 16.8 Å². The maximum Gasteiger partial charge on any atom is 0.437 e. The number of ether oxygens (including phenoxy) is 2. The minimum absolute atomic E-state index is 0.00908. The lowest BCUT2D eigenvalue weighted by Gasteiger charge is -2.20. The van der Waals surface area contributed by atoms with Crippen LogP contribution in [0.2, 0.25) is 0 Å². The van der Waals surface area contributed by atoms with Crippen molar-refractivity contribution >= 4 is 16.1 Å². The van der Waals surface area contributed by atoms with E-state index in [1.54, 1.807) is 20.8 Å². The molecule has 1 aromatic heterocycles. The van der Waals surface area contributed by atoms with Crippen LogP contribution < -0.4 is 9.46 Å². The summed E-state index contributed by atoms with van der Waals surface area (Å²) in [6, 6.07) is 7.80. The molecule has 0 unspecified atom stereocenters. The van der Waals surface area contributed by atoms with Crippen molar-refractivity contribution in [2.45, 2.75) is 44.4 Å². The number of nitrogens with zero attached hydrogens (tertiary/aromatic N) is 3. The molecule has 0 aliphatic rings. The van der Waals surface area contributed by atoms with Gasteiger partial charge in [0, 0.05) is 0 Å². The van der Waals surface area contributed by atoms with Crippen molar-refractivity contribution in [1.29, 1.82) is 0 Å². The largest absolute Gasteiger partial charge is 0.457 e.